The van der Waals surface area contributed by atoms with E-state index >= 15 is 0 Å². The lowest BCUT2D eigenvalue weighted by Gasteiger charge is -2.12. The second-order valence-electron chi connectivity index (χ2n) is 5.55. The van der Waals surface area contributed by atoms with E-state index in [2.05, 4.69) is 15.9 Å². The molecule has 6 heteroatoms. The van der Waals surface area contributed by atoms with Gasteiger partial charge in [-0.3, -0.25) is 9.59 Å². The van der Waals surface area contributed by atoms with Crippen LogP contribution < -0.4 is 0 Å². The Balaban J connectivity index is 1.87. The molecular formula is C16H16BrNO4. The van der Waals surface area contributed by atoms with Gasteiger partial charge in [-0.15, -0.1) is 0 Å². The Labute approximate surface area is 136 Å². The monoisotopic (exact) mass is 365 g/mol. The highest BCUT2D eigenvalue weighted by Gasteiger charge is 2.33. The average Bonchev–Trinajstić information content (AvgIpc) is 3.11. The highest BCUT2D eigenvalue weighted by atomic mass is 79.9. The number of furan rings is 1. The van der Waals surface area contributed by atoms with Crippen LogP contribution in [0.1, 0.15) is 48.1 Å². The number of ether oxygens (including phenoxy) is 1. The molecule has 3 rings (SSSR count). The maximum Gasteiger partial charge on any atom is 0.315 e. The second kappa shape index (κ2) is 5.76. The number of halogens is 1. The van der Waals surface area contributed by atoms with Crippen LogP contribution in [0.2, 0.25) is 0 Å². The van der Waals surface area contributed by atoms with Gasteiger partial charge in [-0.1, -0.05) is 0 Å². The van der Waals surface area contributed by atoms with Crippen LogP contribution in [0.5, 0.6) is 0 Å². The maximum atomic E-state index is 12.5. The molecule has 0 bridgehead atoms. The fourth-order valence-corrected chi connectivity index (χ4v) is 3.06. The van der Waals surface area contributed by atoms with Crippen molar-refractivity contribution in [3.05, 3.63) is 46.1 Å². The van der Waals surface area contributed by atoms with Crippen LogP contribution in [-0.4, -0.2) is 22.4 Å². The second-order valence-corrected chi connectivity index (χ2v) is 6.34. The molecule has 0 radical (unpaired) electrons. The fraction of sp³-hybridized carbons (Fsp3) is 0.375. The Hall–Kier alpha value is -1.82. The molecule has 1 aliphatic heterocycles. The number of esters is 1. The molecule has 1 atom stereocenters. The molecule has 1 unspecified atom stereocenters. The van der Waals surface area contributed by atoms with Gasteiger partial charge in [0.05, 0.1) is 17.7 Å². The fourth-order valence-electron chi connectivity index (χ4n) is 2.76. The minimum absolute atomic E-state index is 0.141. The summed E-state index contributed by atoms with van der Waals surface area (Å²) in [4.78, 5) is 24.6. The number of carbonyl (C=O) groups is 2. The molecular weight excluding hydrogens is 350 g/mol. The molecule has 2 aromatic rings. The van der Waals surface area contributed by atoms with Crippen molar-refractivity contribution in [3.8, 4) is 0 Å². The molecule has 0 aromatic carbocycles. The first-order chi connectivity index (χ1) is 10.5. The molecule has 0 saturated heterocycles. The normalized spacial score (nSPS) is 16.8. The number of nitrogens with zero attached hydrogens (tertiary/aromatic N) is 1. The standard InChI is InChI=1S/C16H16BrNO4/c1-9(2)21-16(20)10-7-8-18-11(10)3-4-12(18)15(19)13-5-6-14(17)22-13/h3-6,9-10H,7-8H2,1-2H3. The van der Waals surface area contributed by atoms with Crippen LogP contribution in [-0.2, 0) is 16.1 Å². The summed E-state index contributed by atoms with van der Waals surface area (Å²) < 4.78 is 13.0. The molecule has 0 amide bonds. The Bertz CT molecular complexity index is 728. The summed E-state index contributed by atoms with van der Waals surface area (Å²) >= 11 is 3.19. The highest BCUT2D eigenvalue weighted by molar-refractivity contribution is 9.10. The maximum absolute atomic E-state index is 12.5. The first-order valence-electron chi connectivity index (χ1n) is 7.17. The van der Waals surface area contributed by atoms with Crippen LogP contribution in [0.15, 0.2) is 33.4 Å². The van der Waals surface area contributed by atoms with Gasteiger partial charge >= 0.3 is 5.97 Å². The Morgan fingerprint density at radius 3 is 2.73 bits per heavy atom. The Morgan fingerprint density at radius 2 is 2.09 bits per heavy atom. The first-order valence-corrected chi connectivity index (χ1v) is 7.96. The molecule has 3 heterocycles. The minimum atomic E-state index is -0.299. The van der Waals surface area contributed by atoms with Crippen molar-refractivity contribution < 1.29 is 18.7 Å². The van der Waals surface area contributed by atoms with Crippen LogP contribution in [0.4, 0.5) is 0 Å². The molecule has 0 saturated carbocycles. The molecule has 2 aromatic heterocycles. The summed E-state index contributed by atoms with van der Waals surface area (Å²) in [5.74, 6) is -0.435. The lowest BCUT2D eigenvalue weighted by molar-refractivity contribution is -0.149. The minimum Gasteiger partial charge on any atom is -0.462 e. The van der Waals surface area contributed by atoms with E-state index in [-0.39, 0.29) is 29.5 Å². The molecule has 0 N–H and O–H groups in total. The van der Waals surface area contributed by atoms with Gasteiger partial charge in [-0.25, -0.2) is 0 Å². The van der Waals surface area contributed by atoms with Gasteiger partial charge in [0, 0.05) is 12.2 Å². The van der Waals surface area contributed by atoms with E-state index in [9.17, 15) is 9.59 Å². The summed E-state index contributed by atoms with van der Waals surface area (Å²) in [5, 5.41) is 0. The van der Waals surface area contributed by atoms with Crippen molar-refractivity contribution in [1.82, 2.24) is 4.57 Å². The summed E-state index contributed by atoms with van der Waals surface area (Å²) in [6.07, 6.45) is 0.516. The smallest absolute Gasteiger partial charge is 0.315 e. The molecule has 5 nitrogen and oxygen atoms in total. The van der Waals surface area contributed by atoms with Crippen molar-refractivity contribution in [2.45, 2.75) is 38.8 Å². The predicted octanol–water partition coefficient (Wildman–Crippen LogP) is 3.51. The molecule has 0 spiro atoms. The van der Waals surface area contributed by atoms with Crippen LogP contribution >= 0.6 is 15.9 Å². The third-order valence-corrected chi connectivity index (χ3v) is 4.11. The van der Waals surface area contributed by atoms with Crippen LogP contribution in [0, 0.1) is 0 Å². The van der Waals surface area contributed by atoms with E-state index in [1.54, 1.807) is 18.2 Å². The number of hydrogen-bond donors (Lipinski definition) is 0. The lowest BCUT2D eigenvalue weighted by atomic mass is 10.1. The Kier molecular flexibility index (Phi) is 3.95. The number of aromatic nitrogens is 1. The largest absolute Gasteiger partial charge is 0.462 e. The van der Waals surface area contributed by atoms with E-state index < -0.39 is 0 Å². The average molecular weight is 366 g/mol. The van der Waals surface area contributed by atoms with Gasteiger partial charge in [0.15, 0.2) is 10.4 Å². The van der Waals surface area contributed by atoms with E-state index in [0.29, 0.717) is 23.3 Å². The van der Waals surface area contributed by atoms with Crippen molar-refractivity contribution >= 4 is 27.7 Å². The molecule has 0 aliphatic carbocycles. The SMILES string of the molecule is CC(C)OC(=O)C1CCn2c(C(=O)c3ccc(Br)o3)ccc21. The zero-order chi connectivity index (χ0) is 15.9. The van der Waals surface area contributed by atoms with Gasteiger partial charge in [-0.2, -0.15) is 0 Å². The van der Waals surface area contributed by atoms with E-state index in [1.807, 2.05) is 24.5 Å². The number of ketones is 1. The quantitative estimate of drug-likeness (QED) is 0.614. The highest BCUT2D eigenvalue weighted by Crippen LogP contribution is 2.32. The summed E-state index contributed by atoms with van der Waals surface area (Å²) in [5.41, 5.74) is 1.37. The van der Waals surface area contributed by atoms with Crippen LogP contribution in [0.25, 0.3) is 0 Å². The first kappa shape index (κ1) is 15.1. The summed E-state index contributed by atoms with van der Waals surface area (Å²) in [6, 6.07) is 6.88. The Morgan fingerprint density at radius 1 is 1.32 bits per heavy atom. The van der Waals surface area contributed by atoms with E-state index in [4.69, 9.17) is 9.15 Å². The summed E-state index contributed by atoms with van der Waals surface area (Å²) in [7, 11) is 0. The van der Waals surface area contributed by atoms with Gasteiger partial charge < -0.3 is 13.7 Å². The van der Waals surface area contributed by atoms with Gasteiger partial charge in [-0.05, 0) is 60.5 Å². The van der Waals surface area contributed by atoms with Gasteiger partial charge in [0.25, 0.3) is 0 Å². The zero-order valence-corrected chi connectivity index (χ0v) is 13.9. The van der Waals surface area contributed by atoms with Crippen molar-refractivity contribution in [3.63, 3.8) is 0 Å². The van der Waals surface area contributed by atoms with Gasteiger partial charge in [0.2, 0.25) is 5.78 Å². The van der Waals surface area contributed by atoms with Crippen LogP contribution in [0.3, 0.4) is 0 Å². The number of rotatable bonds is 4. The van der Waals surface area contributed by atoms with E-state index in [0.717, 1.165) is 5.69 Å². The van der Waals surface area contributed by atoms with Crippen molar-refractivity contribution in [1.29, 1.82) is 0 Å². The number of fused-ring (bicyclic) bond motifs is 1. The molecule has 1 aliphatic rings. The van der Waals surface area contributed by atoms with Crippen molar-refractivity contribution in [2.24, 2.45) is 0 Å². The third-order valence-electron chi connectivity index (χ3n) is 3.68. The van der Waals surface area contributed by atoms with E-state index in [1.165, 1.54) is 0 Å². The zero-order valence-electron chi connectivity index (χ0n) is 12.3. The van der Waals surface area contributed by atoms with Gasteiger partial charge in [0.1, 0.15) is 0 Å². The third kappa shape index (κ3) is 2.63. The lowest BCUT2D eigenvalue weighted by Crippen LogP contribution is -2.18. The molecule has 0 fully saturated rings. The summed E-state index contributed by atoms with van der Waals surface area (Å²) in [6.45, 7) is 4.29. The predicted molar refractivity (Wildman–Crippen MR) is 82.9 cm³/mol. The number of hydrogen-bond acceptors (Lipinski definition) is 4. The molecule has 22 heavy (non-hydrogen) atoms. The van der Waals surface area contributed by atoms with Crippen molar-refractivity contribution in [2.75, 3.05) is 0 Å². The molecule has 116 valence electrons. The number of carbonyl (C=O) groups excluding carboxylic acids is 2. The topological polar surface area (TPSA) is 61.4 Å².